The lowest BCUT2D eigenvalue weighted by Crippen LogP contribution is -2.64. The van der Waals surface area contributed by atoms with E-state index < -0.39 is 37.3 Å². The van der Waals surface area contributed by atoms with Gasteiger partial charge in [-0.25, -0.2) is 0 Å². The third-order valence-corrected chi connectivity index (χ3v) is 3.45. The minimum atomic E-state index is -1.41. The molecule has 0 radical (unpaired) electrons. The summed E-state index contributed by atoms with van der Waals surface area (Å²) >= 11 is 5.09. The Morgan fingerprint density at radius 1 is 1.14 bits per heavy atom. The van der Waals surface area contributed by atoms with Crippen molar-refractivity contribution in [3.05, 3.63) is 30.3 Å². The average Bonchev–Trinajstić information content (AvgIpc) is 2.48. The van der Waals surface area contributed by atoms with E-state index >= 15 is 0 Å². The maximum absolute atomic E-state index is 9.97. The van der Waals surface area contributed by atoms with Crippen LogP contribution in [0.15, 0.2) is 30.3 Å². The van der Waals surface area contributed by atoms with Crippen molar-refractivity contribution in [2.24, 2.45) is 0 Å². The summed E-state index contributed by atoms with van der Waals surface area (Å²) in [5.74, 6) is 0. The summed E-state index contributed by atoms with van der Waals surface area (Å²) in [6.07, 6.45) is -5.10. The van der Waals surface area contributed by atoms with Gasteiger partial charge in [-0.1, -0.05) is 18.2 Å². The van der Waals surface area contributed by atoms with Crippen LogP contribution >= 0.6 is 12.2 Å². The molecular weight excluding hydrogens is 296 g/mol. The van der Waals surface area contributed by atoms with Gasteiger partial charge in [-0.05, 0) is 24.4 Å². The molecule has 1 heterocycles. The molecule has 5 atom stereocenters. The number of hydrogen-bond donors (Lipinski definition) is 6. The first kappa shape index (κ1) is 16.1. The summed E-state index contributed by atoms with van der Waals surface area (Å²) in [6.45, 7) is -0.505. The number of ether oxygens (including phenoxy) is 1. The number of para-hydroxylation sites is 1. The van der Waals surface area contributed by atoms with Crippen LogP contribution in [-0.4, -0.2) is 62.8 Å². The van der Waals surface area contributed by atoms with E-state index in [9.17, 15) is 15.3 Å². The van der Waals surface area contributed by atoms with Gasteiger partial charge in [-0.15, -0.1) is 0 Å². The standard InChI is InChI=1S/C13H18N2O5S/c16-6-8-10(17)11(18)9(12(19)20-8)15-13(21)14-7-4-2-1-3-5-7/h1-5,8-12,16-19H,6H2,(H2,14,15,21)/t8-,9+,10+,11+,12-/m0/s1. The normalized spacial score (nSPS) is 32.5. The molecule has 6 N–H and O–H groups in total. The van der Waals surface area contributed by atoms with Gasteiger partial charge in [0.1, 0.15) is 24.4 Å². The molecule has 1 aromatic rings. The first-order valence-corrected chi connectivity index (χ1v) is 6.87. The molecule has 1 saturated heterocycles. The zero-order chi connectivity index (χ0) is 15.4. The van der Waals surface area contributed by atoms with Gasteiger partial charge in [0.15, 0.2) is 11.4 Å². The molecule has 0 amide bonds. The number of thiocarbonyl (C=S) groups is 1. The molecule has 116 valence electrons. The molecule has 0 bridgehead atoms. The van der Waals surface area contributed by atoms with Crippen molar-refractivity contribution in [3.63, 3.8) is 0 Å². The topological polar surface area (TPSA) is 114 Å². The number of aliphatic hydroxyl groups excluding tert-OH is 4. The Balaban J connectivity index is 1.96. The third-order valence-electron chi connectivity index (χ3n) is 3.23. The first-order chi connectivity index (χ1) is 10.0. The Hall–Kier alpha value is -1.29. The number of anilines is 1. The van der Waals surface area contributed by atoms with E-state index in [2.05, 4.69) is 10.6 Å². The van der Waals surface area contributed by atoms with Crippen LogP contribution in [0, 0.1) is 0 Å². The smallest absolute Gasteiger partial charge is 0.178 e. The van der Waals surface area contributed by atoms with Crippen molar-refractivity contribution < 1.29 is 25.2 Å². The molecular formula is C13H18N2O5S. The van der Waals surface area contributed by atoms with Crippen LogP contribution in [0.3, 0.4) is 0 Å². The van der Waals surface area contributed by atoms with Crippen LogP contribution < -0.4 is 10.6 Å². The second kappa shape index (κ2) is 7.12. The third kappa shape index (κ3) is 3.88. The Bertz CT molecular complexity index is 475. The predicted octanol–water partition coefficient (Wildman–Crippen LogP) is -1.23. The number of benzene rings is 1. The highest BCUT2D eigenvalue weighted by Gasteiger charge is 2.43. The van der Waals surface area contributed by atoms with Gasteiger partial charge >= 0.3 is 0 Å². The number of nitrogens with one attached hydrogen (secondary N) is 2. The average molecular weight is 314 g/mol. The molecule has 0 aromatic heterocycles. The Morgan fingerprint density at radius 2 is 1.81 bits per heavy atom. The summed E-state index contributed by atoms with van der Waals surface area (Å²) in [4.78, 5) is 0. The zero-order valence-electron chi connectivity index (χ0n) is 11.1. The Kier molecular flexibility index (Phi) is 5.45. The van der Waals surface area contributed by atoms with Crippen molar-refractivity contribution in [1.82, 2.24) is 5.32 Å². The second-order valence-electron chi connectivity index (χ2n) is 4.72. The van der Waals surface area contributed by atoms with Crippen LogP contribution in [0.1, 0.15) is 0 Å². The van der Waals surface area contributed by atoms with Crippen molar-refractivity contribution in [3.8, 4) is 0 Å². The van der Waals surface area contributed by atoms with Crippen molar-refractivity contribution in [1.29, 1.82) is 0 Å². The van der Waals surface area contributed by atoms with E-state index in [1.54, 1.807) is 12.1 Å². The molecule has 21 heavy (non-hydrogen) atoms. The van der Waals surface area contributed by atoms with Crippen molar-refractivity contribution in [2.45, 2.75) is 30.6 Å². The van der Waals surface area contributed by atoms with Crippen LogP contribution in [0.25, 0.3) is 0 Å². The van der Waals surface area contributed by atoms with E-state index in [0.29, 0.717) is 0 Å². The van der Waals surface area contributed by atoms with Gasteiger partial charge in [-0.3, -0.25) is 0 Å². The van der Waals surface area contributed by atoms with E-state index in [4.69, 9.17) is 22.1 Å². The molecule has 8 heteroatoms. The van der Waals surface area contributed by atoms with Gasteiger partial charge in [0, 0.05) is 5.69 Å². The summed E-state index contributed by atoms with van der Waals surface area (Å²) in [7, 11) is 0. The van der Waals surface area contributed by atoms with Crippen LogP contribution in [-0.2, 0) is 4.74 Å². The zero-order valence-corrected chi connectivity index (χ0v) is 11.9. The van der Waals surface area contributed by atoms with Crippen LogP contribution in [0.4, 0.5) is 5.69 Å². The van der Waals surface area contributed by atoms with E-state index in [-0.39, 0.29) is 5.11 Å². The number of rotatable bonds is 3. The monoisotopic (exact) mass is 314 g/mol. The Labute approximate surface area is 127 Å². The quantitative estimate of drug-likeness (QED) is 0.385. The fraction of sp³-hybridized carbons (Fsp3) is 0.462. The predicted molar refractivity (Wildman–Crippen MR) is 79.6 cm³/mol. The van der Waals surface area contributed by atoms with Crippen molar-refractivity contribution in [2.75, 3.05) is 11.9 Å². The SMILES string of the molecule is OC[C@@H]1O[C@H](O)[C@H](NC(=S)Nc2ccccc2)[C@@H](O)[C@@H]1O. The van der Waals surface area contributed by atoms with E-state index in [1.165, 1.54) is 0 Å². The minimum absolute atomic E-state index is 0.169. The maximum Gasteiger partial charge on any atom is 0.178 e. The number of aliphatic hydroxyl groups is 4. The fourth-order valence-corrected chi connectivity index (χ4v) is 2.35. The lowest BCUT2D eigenvalue weighted by molar-refractivity contribution is -0.251. The molecule has 1 aliphatic heterocycles. The highest BCUT2D eigenvalue weighted by molar-refractivity contribution is 7.80. The molecule has 0 unspecified atom stereocenters. The highest BCUT2D eigenvalue weighted by atomic mass is 32.1. The molecule has 1 aromatic carbocycles. The first-order valence-electron chi connectivity index (χ1n) is 6.46. The van der Waals surface area contributed by atoms with Gasteiger partial charge in [0.2, 0.25) is 0 Å². The van der Waals surface area contributed by atoms with Gasteiger partial charge in [0.05, 0.1) is 6.61 Å². The lowest BCUT2D eigenvalue weighted by Gasteiger charge is -2.40. The molecule has 7 nitrogen and oxygen atoms in total. The Morgan fingerprint density at radius 3 is 2.43 bits per heavy atom. The highest BCUT2D eigenvalue weighted by Crippen LogP contribution is 2.19. The van der Waals surface area contributed by atoms with Crippen LogP contribution in [0.5, 0.6) is 0 Å². The van der Waals surface area contributed by atoms with Crippen molar-refractivity contribution >= 4 is 23.0 Å². The van der Waals surface area contributed by atoms with E-state index in [1.807, 2.05) is 18.2 Å². The maximum atomic E-state index is 9.97. The molecule has 2 rings (SSSR count). The van der Waals surface area contributed by atoms with E-state index in [0.717, 1.165) is 5.69 Å². The minimum Gasteiger partial charge on any atom is -0.394 e. The van der Waals surface area contributed by atoms with Gasteiger partial charge < -0.3 is 35.8 Å². The molecule has 0 saturated carbocycles. The summed E-state index contributed by atoms with van der Waals surface area (Å²) in [5.41, 5.74) is 0.740. The molecule has 0 spiro atoms. The van der Waals surface area contributed by atoms with Crippen LogP contribution in [0.2, 0.25) is 0 Å². The summed E-state index contributed by atoms with van der Waals surface area (Å²) in [5, 5.41) is 44.3. The lowest BCUT2D eigenvalue weighted by atomic mass is 9.97. The summed E-state index contributed by atoms with van der Waals surface area (Å²) < 4.78 is 5.03. The molecule has 0 aliphatic carbocycles. The molecule has 1 fully saturated rings. The van der Waals surface area contributed by atoms with Gasteiger partial charge in [-0.2, -0.15) is 0 Å². The second-order valence-corrected chi connectivity index (χ2v) is 5.13. The largest absolute Gasteiger partial charge is 0.394 e. The van der Waals surface area contributed by atoms with Gasteiger partial charge in [0.25, 0.3) is 0 Å². The molecule has 1 aliphatic rings. The summed E-state index contributed by atoms with van der Waals surface area (Å²) in [6, 6.07) is 8.10. The number of hydrogen-bond acceptors (Lipinski definition) is 6. The fourth-order valence-electron chi connectivity index (χ4n) is 2.09.